The molecule has 4 rings (SSSR count). The van der Waals surface area contributed by atoms with Crippen LogP contribution in [-0.2, 0) is 0 Å². The topological polar surface area (TPSA) is 82.5 Å². The molecule has 3 N–H and O–H groups in total. The normalized spacial score (nSPS) is 12.4. The summed E-state index contributed by atoms with van der Waals surface area (Å²) in [5.74, 6) is 1.45. The number of hydrogen-bond donors (Lipinski definition) is 2. The molecule has 2 aromatic carbocycles. The van der Waals surface area contributed by atoms with E-state index in [1.807, 2.05) is 42.5 Å². The first-order valence-electron chi connectivity index (χ1n) is 6.76. The Balaban J connectivity index is 1.59. The molecule has 0 unspecified atom stereocenters. The third-order valence-electron chi connectivity index (χ3n) is 3.31. The minimum Gasteiger partial charge on any atom is -0.454 e. The van der Waals surface area contributed by atoms with Crippen molar-refractivity contribution in [3.8, 4) is 22.8 Å². The summed E-state index contributed by atoms with van der Waals surface area (Å²) in [5, 5.41) is 3.07. The number of nitrogens with one attached hydrogen (secondary N) is 1. The van der Waals surface area contributed by atoms with Gasteiger partial charge in [0.25, 0.3) is 6.01 Å². The Bertz CT molecular complexity index is 829. The van der Waals surface area contributed by atoms with Crippen molar-refractivity contribution in [3.05, 3.63) is 48.7 Å². The van der Waals surface area contributed by atoms with Crippen molar-refractivity contribution in [1.82, 2.24) is 4.98 Å². The molecular weight excluding hydrogens is 282 g/mol. The second kappa shape index (κ2) is 5.00. The van der Waals surface area contributed by atoms with Crippen LogP contribution < -0.4 is 20.5 Å². The van der Waals surface area contributed by atoms with Gasteiger partial charge in [-0.2, -0.15) is 4.98 Å². The molecular formula is C16H13N3O3. The number of aromatic nitrogens is 1. The van der Waals surface area contributed by atoms with E-state index in [4.69, 9.17) is 19.6 Å². The van der Waals surface area contributed by atoms with Crippen molar-refractivity contribution in [2.75, 3.05) is 17.8 Å². The Morgan fingerprint density at radius 1 is 1.05 bits per heavy atom. The maximum absolute atomic E-state index is 5.74. The zero-order chi connectivity index (χ0) is 14.9. The molecule has 110 valence electrons. The molecule has 0 fully saturated rings. The van der Waals surface area contributed by atoms with Crippen LogP contribution in [-0.4, -0.2) is 11.8 Å². The summed E-state index contributed by atoms with van der Waals surface area (Å²) < 4.78 is 16.1. The molecule has 6 nitrogen and oxygen atoms in total. The van der Waals surface area contributed by atoms with Crippen LogP contribution >= 0.6 is 0 Å². The number of ether oxygens (including phenoxy) is 2. The van der Waals surface area contributed by atoms with Crippen LogP contribution in [0.1, 0.15) is 0 Å². The van der Waals surface area contributed by atoms with Crippen molar-refractivity contribution >= 4 is 17.4 Å². The monoisotopic (exact) mass is 295 g/mol. The lowest BCUT2D eigenvalue weighted by molar-refractivity contribution is 0.174. The van der Waals surface area contributed by atoms with Gasteiger partial charge in [0.15, 0.2) is 11.5 Å². The van der Waals surface area contributed by atoms with Crippen LogP contribution in [0.2, 0.25) is 0 Å². The van der Waals surface area contributed by atoms with E-state index in [0.717, 1.165) is 17.0 Å². The summed E-state index contributed by atoms with van der Waals surface area (Å²) in [5.41, 5.74) is 8.85. The van der Waals surface area contributed by atoms with E-state index in [-0.39, 0.29) is 6.79 Å². The molecule has 1 aromatic heterocycles. The van der Waals surface area contributed by atoms with Crippen LogP contribution in [0, 0.1) is 0 Å². The van der Waals surface area contributed by atoms with Crippen LogP contribution in [0.5, 0.6) is 11.5 Å². The third-order valence-corrected chi connectivity index (χ3v) is 3.31. The standard InChI is InChI=1S/C16H13N3O3/c17-11-2-1-3-12(7-11)18-16-19-13(8-20-16)10-4-5-14-15(6-10)22-9-21-14/h1-8H,9,17H2,(H,18,19). The molecule has 6 heteroatoms. The summed E-state index contributed by atoms with van der Waals surface area (Å²) >= 11 is 0. The van der Waals surface area contributed by atoms with Gasteiger partial charge in [0.2, 0.25) is 6.79 Å². The highest BCUT2D eigenvalue weighted by molar-refractivity contribution is 5.66. The fraction of sp³-hybridized carbons (Fsp3) is 0.0625. The van der Waals surface area contributed by atoms with Crippen molar-refractivity contribution < 1.29 is 13.9 Å². The second-order valence-corrected chi connectivity index (χ2v) is 4.86. The predicted octanol–water partition coefficient (Wildman–Crippen LogP) is 3.40. The zero-order valence-electron chi connectivity index (χ0n) is 11.6. The number of nitrogens with zero attached hydrogens (tertiary/aromatic N) is 1. The molecule has 0 bridgehead atoms. The van der Waals surface area contributed by atoms with Crippen LogP contribution in [0.15, 0.2) is 53.1 Å². The molecule has 2 heterocycles. The number of anilines is 3. The molecule has 22 heavy (non-hydrogen) atoms. The van der Waals surface area contributed by atoms with Gasteiger partial charge in [-0.1, -0.05) is 6.07 Å². The van der Waals surface area contributed by atoms with Crippen LogP contribution in [0.3, 0.4) is 0 Å². The fourth-order valence-corrected chi connectivity index (χ4v) is 2.26. The highest BCUT2D eigenvalue weighted by Gasteiger charge is 2.15. The van der Waals surface area contributed by atoms with E-state index < -0.39 is 0 Å². The van der Waals surface area contributed by atoms with Gasteiger partial charge in [0, 0.05) is 16.9 Å². The van der Waals surface area contributed by atoms with E-state index >= 15 is 0 Å². The summed E-state index contributed by atoms with van der Waals surface area (Å²) in [6.45, 7) is 0.250. The molecule has 0 spiro atoms. The quantitative estimate of drug-likeness (QED) is 0.721. The number of fused-ring (bicyclic) bond motifs is 1. The number of hydrogen-bond acceptors (Lipinski definition) is 6. The lowest BCUT2D eigenvalue weighted by atomic mass is 10.1. The zero-order valence-corrected chi connectivity index (χ0v) is 11.6. The van der Waals surface area contributed by atoms with Gasteiger partial charge in [-0.15, -0.1) is 0 Å². The predicted molar refractivity (Wildman–Crippen MR) is 82.2 cm³/mol. The maximum Gasteiger partial charge on any atom is 0.299 e. The summed E-state index contributed by atoms with van der Waals surface area (Å²) in [6.07, 6.45) is 1.59. The van der Waals surface area contributed by atoms with Crippen LogP contribution in [0.25, 0.3) is 11.3 Å². The average molecular weight is 295 g/mol. The lowest BCUT2D eigenvalue weighted by Gasteiger charge is -2.02. The van der Waals surface area contributed by atoms with Gasteiger partial charge in [-0.25, -0.2) is 0 Å². The Kier molecular flexibility index (Phi) is 2.86. The summed E-state index contributed by atoms with van der Waals surface area (Å²) in [6, 6.07) is 13.4. The molecule has 0 saturated heterocycles. The van der Waals surface area contributed by atoms with Gasteiger partial charge in [0.1, 0.15) is 12.0 Å². The number of oxazole rings is 1. The molecule has 1 aliphatic heterocycles. The Hall–Kier alpha value is -3.15. The number of rotatable bonds is 3. The minimum absolute atomic E-state index is 0.250. The van der Waals surface area contributed by atoms with Gasteiger partial charge in [0.05, 0.1) is 0 Å². The SMILES string of the molecule is Nc1cccc(Nc2nc(-c3ccc4c(c3)OCO4)co2)c1. The molecule has 0 atom stereocenters. The molecule has 0 saturated carbocycles. The third kappa shape index (κ3) is 2.31. The maximum atomic E-state index is 5.74. The average Bonchev–Trinajstić information content (AvgIpc) is 3.15. The van der Waals surface area contributed by atoms with Crippen LogP contribution in [0.4, 0.5) is 17.4 Å². The van der Waals surface area contributed by atoms with Crippen molar-refractivity contribution in [2.24, 2.45) is 0 Å². The van der Waals surface area contributed by atoms with E-state index in [9.17, 15) is 0 Å². The Morgan fingerprint density at radius 3 is 2.86 bits per heavy atom. The highest BCUT2D eigenvalue weighted by Crippen LogP contribution is 2.36. The summed E-state index contributed by atoms with van der Waals surface area (Å²) in [4.78, 5) is 4.42. The Labute approximate surface area is 126 Å². The van der Waals surface area contributed by atoms with Gasteiger partial charge in [-0.3, -0.25) is 0 Å². The molecule has 0 amide bonds. The number of nitrogen functional groups attached to an aromatic ring is 1. The first-order chi connectivity index (χ1) is 10.8. The van der Waals surface area contributed by atoms with E-state index in [0.29, 0.717) is 23.1 Å². The van der Waals surface area contributed by atoms with E-state index in [1.165, 1.54) is 0 Å². The summed E-state index contributed by atoms with van der Waals surface area (Å²) in [7, 11) is 0. The minimum atomic E-state index is 0.250. The van der Waals surface area contributed by atoms with Crippen molar-refractivity contribution in [2.45, 2.75) is 0 Å². The molecule has 1 aliphatic rings. The fourth-order valence-electron chi connectivity index (χ4n) is 2.26. The molecule has 0 aliphatic carbocycles. The largest absolute Gasteiger partial charge is 0.454 e. The van der Waals surface area contributed by atoms with Crippen molar-refractivity contribution in [1.29, 1.82) is 0 Å². The van der Waals surface area contributed by atoms with Gasteiger partial charge in [-0.05, 0) is 36.4 Å². The lowest BCUT2D eigenvalue weighted by Crippen LogP contribution is -1.93. The number of nitrogens with two attached hydrogens (primary N) is 1. The molecule has 3 aromatic rings. The van der Waals surface area contributed by atoms with Crippen molar-refractivity contribution in [3.63, 3.8) is 0 Å². The van der Waals surface area contributed by atoms with E-state index in [2.05, 4.69) is 10.3 Å². The van der Waals surface area contributed by atoms with E-state index in [1.54, 1.807) is 6.26 Å². The van der Waals surface area contributed by atoms with Gasteiger partial charge < -0.3 is 24.9 Å². The highest BCUT2D eigenvalue weighted by atomic mass is 16.7. The number of benzene rings is 2. The smallest absolute Gasteiger partial charge is 0.299 e. The van der Waals surface area contributed by atoms with Gasteiger partial charge >= 0.3 is 0 Å². The first kappa shape index (κ1) is 12.6. The second-order valence-electron chi connectivity index (χ2n) is 4.86. The molecule has 0 radical (unpaired) electrons. The first-order valence-corrected chi connectivity index (χ1v) is 6.76. The Morgan fingerprint density at radius 2 is 1.95 bits per heavy atom.